The third-order valence-electron chi connectivity index (χ3n) is 5.03. The van der Waals surface area contributed by atoms with Gasteiger partial charge in [-0.1, -0.05) is 47.6 Å². The second-order valence-electron chi connectivity index (χ2n) is 7.03. The summed E-state index contributed by atoms with van der Waals surface area (Å²) < 4.78 is 6.13. The molecule has 0 aromatic carbocycles. The quantitative estimate of drug-likeness (QED) is 0.611. The van der Waals surface area contributed by atoms with E-state index in [1.165, 1.54) is 16.7 Å². The first-order chi connectivity index (χ1) is 10.5. The van der Waals surface area contributed by atoms with E-state index in [9.17, 15) is 5.11 Å². The molecule has 1 fully saturated rings. The fraction of sp³-hybridized carbons (Fsp3) is 0.600. The zero-order valence-corrected chi connectivity index (χ0v) is 14.3. The van der Waals surface area contributed by atoms with Gasteiger partial charge in [-0.15, -0.1) is 0 Å². The second-order valence-corrected chi connectivity index (χ2v) is 7.03. The van der Waals surface area contributed by atoms with Gasteiger partial charge in [-0.05, 0) is 46.5 Å². The Hall–Kier alpha value is -1.12. The topological polar surface area (TPSA) is 29.5 Å². The van der Waals surface area contributed by atoms with Crippen molar-refractivity contribution in [2.45, 2.75) is 52.1 Å². The molecule has 3 unspecified atom stereocenters. The van der Waals surface area contributed by atoms with Crippen LogP contribution in [-0.4, -0.2) is 23.9 Å². The number of aliphatic hydroxyl groups excluding tert-OH is 1. The van der Waals surface area contributed by atoms with Crippen LogP contribution in [0.15, 0.2) is 47.6 Å². The van der Waals surface area contributed by atoms with E-state index in [2.05, 4.69) is 45.6 Å². The van der Waals surface area contributed by atoms with E-state index in [1.54, 1.807) is 0 Å². The number of hydrogen-bond donors (Lipinski definition) is 1. The van der Waals surface area contributed by atoms with Crippen molar-refractivity contribution in [2.75, 3.05) is 13.2 Å². The number of fused-ring (bicyclic) bond motifs is 1. The molecular weight excluding hydrogens is 272 g/mol. The molecule has 1 aliphatic heterocycles. The third-order valence-corrected chi connectivity index (χ3v) is 5.03. The van der Waals surface area contributed by atoms with Crippen LogP contribution in [0.2, 0.25) is 0 Å². The lowest BCUT2D eigenvalue weighted by Crippen LogP contribution is -2.39. The van der Waals surface area contributed by atoms with Gasteiger partial charge in [-0.2, -0.15) is 0 Å². The molecule has 0 amide bonds. The van der Waals surface area contributed by atoms with Crippen LogP contribution in [0.3, 0.4) is 0 Å². The minimum Gasteiger partial charge on any atom is -0.393 e. The van der Waals surface area contributed by atoms with Gasteiger partial charge in [0.2, 0.25) is 0 Å². The van der Waals surface area contributed by atoms with Crippen molar-refractivity contribution in [2.24, 2.45) is 11.8 Å². The first-order valence-electron chi connectivity index (χ1n) is 8.39. The lowest BCUT2D eigenvalue weighted by Gasteiger charge is -2.32. The monoisotopic (exact) mass is 302 g/mol. The number of hydrogen-bond acceptors (Lipinski definition) is 2. The van der Waals surface area contributed by atoms with Gasteiger partial charge in [0.15, 0.2) is 0 Å². The highest BCUT2D eigenvalue weighted by Gasteiger charge is 2.48. The number of allylic oxidation sites excluding steroid dienone is 5. The molecule has 0 aromatic rings. The maximum atomic E-state index is 10.1. The van der Waals surface area contributed by atoms with Crippen molar-refractivity contribution in [3.8, 4) is 0 Å². The van der Waals surface area contributed by atoms with Crippen LogP contribution in [-0.2, 0) is 4.74 Å². The summed E-state index contributed by atoms with van der Waals surface area (Å²) in [6.45, 7) is 11.4. The molecule has 1 heterocycles. The number of ether oxygens (including phenoxy) is 1. The summed E-state index contributed by atoms with van der Waals surface area (Å²) >= 11 is 0. The highest BCUT2D eigenvalue weighted by Crippen LogP contribution is 2.45. The smallest absolute Gasteiger partial charge is 0.113 e. The van der Waals surface area contributed by atoms with E-state index in [0.29, 0.717) is 18.4 Å². The molecule has 2 aliphatic rings. The van der Waals surface area contributed by atoms with Gasteiger partial charge in [0, 0.05) is 11.8 Å². The summed E-state index contributed by atoms with van der Waals surface area (Å²) in [6.07, 6.45) is 12.7. The van der Waals surface area contributed by atoms with Crippen molar-refractivity contribution in [1.82, 2.24) is 0 Å². The summed E-state index contributed by atoms with van der Waals surface area (Å²) in [5.41, 5.74) is 3.42. The molecule has 0 radical (unpaired) electrons. The van der Waals surface area contributed by atoms with E-state index in [0.717, 1.165) is 25.7 Å². The number of aliphatic hydroxyl groups is 1. The molecule has 122 valence electrons. The summed E-state index contributed by atoms with van der Waals surface area (Å²) in [5.74, 6) is 0.677. The first kappa shape index (κ1) is 17.2. The molecule has 0 bridgehead atoms. The van der Waals surface area contributed by atoms with Crippen LogP contribution in [0.1, 0.15) is 46.5 Å². The molecule has 0 saturated carbocycles. The average molecular weight is 302 g/mol. The standard InChI is InChI=1S/C20H30O2/c1-15(2)7-6-12-20(14-21)19-11-10-16(3)8-5-9-17(4)18(19)13-22-20/h6-8,12,18-19,21H,4-5,9-11,13-14H2,1-3H3/b12-6+,16-8+. The fourth-order valence-corrected chi connectivity index (χ4v) is 3.62. The van der Waals surface area contributed by atoms with Crippen LogP contribution in [0.4, 0.5) is 0 Å². The molecule has 0 aromatic heterocycles. The van der Waals surface area contributed by atoms with E-state index < -0.39 is 5.60 Å². The second kappa shape index (κ2) is 7.43. The minimum absolute atomic E-state index is 0.0390. The first-order valence-corrected chi connectivity index (χ1v) is 8.39. The molecule has 0 spiro atoms. The Morgan fingerprint density at radius 2 is 2.23 bits per heavy atom. The largest absolute Gasteiger partial charge is 0.393 e. The zero-order chi connectivity index (χ0) is 16.2. The average Bonchev–Trinajstić information content (AvgIpc) is 2.85. The summed E-state index contributed by atoms with van der Waals surface area (Å²) in [7, 11) is 0. The van der Waals surface area contributed by atoms with Crippen LogP contribution in [0.5, 0.6) is 0 Å². The highest BCUT2D eigenvalue weighted by molar-refractivity contribution is 5.22. The van der Waals surface area contributed by atoms with Gasteiger partial charge in [0.1, 0.15) is 5.60 Å². The molecule has 3 atom stereocenters. The van der Waals surface area contributed by atoms with Crippen molar-refractivity contribution >= 4 is 0 Å². The van der Waals surface area contributed by atoms with Gasteiger partial charge >= 0.3 is 0 Å². The highest BCUT2D eigenvalue weighted by atomic mass is 16.5. The summed E-state index contributed by atoms with van der Waals surface area (Å²) in [4.78, 5) is 0. The zero-order valence-electron chi connectivity index (χ0n) is 14.3. The maximum absolute atomic E-state index is 10.1. The molecular formula is C20H30O2. The van der Waals surface area contributed by atoms with E-state index in [-0.39, 0.29) is 6.61 Å². The predicted octanol–water partition coefficient (Wildman–Crippen LogP) is 4.58. The van der Waals surface area contributed by atoms with Crippen LogP contribution in [0, 0.1) is 11.8 Å². The SMILES string of the molecule is C=C1CC/C=C(\C)CCC2C1COC2(/C=C/C=C(C)C)CO. The van der Waals surface area contributed by atoms with E-state index in [1.807, 2.05) is 6.08 Å². The Balaban J connectivity index is 2.28. The Labute approximate surface area is 135 Å². The lowest BCUT2D eigenvalue weighted by molar-refractivity contribution is -0.0252. The van der Waals surface area contributed by atoms with Crippen LogP contribution in [0.25, 0.3) is 0 Å². The van der Waals surface area contributed by atoms with Gasteiger partial charge < -0.3 is 9.84 Å². The Morgan fingerprint density at radius 1 is 1.45 bits per heavy atom. The van der Waals surface area contributed by atoms with Gasteiger partial charge in [0.05, 0.1) is 13.2 Å². The van der Waals surface area contributed by atoms with Gasteiger partial charge in [0.25, 0.3) is 0 Å². The molecule has 22 heavy (non-hydrogen) atoms. The Morgan fingerprint density at radius 3 is 2.91 bits per heavy atom. The summed E-state index contributed by atoms with van der Waals surface area (Å²) in [6, 6.07) is 0. The van der Waals surface area contributed by atoms with Gasteiger partial charge in [-0.3, -0.25) is 0 Å². The van der Waals surface area contributed by atoms with Crippen molar-refractivity contribution in [1.29, 1.82) is 0 Å². The van der Waals surface area contributed by atoms with Crippen LogP contribution < -0.4 is 0 Å². The van der Waals surface area contributed by atoms with Gasteiger partial charge in [-0.25, -0.2) is 0 Å². The van der Waals surface area contributed by atoms with Crippen molar-refractivity contribution < 1.29 is 9.84 Å². The predicted molar refractivity (Wildman–Crippen MR) is 92.7 cm³/mol. The number of rotatable bonds is 3. The van der Waals surface area contributed by atoms with E-state index in [4.69, 9.17) is 4.74 Å². The molecule has 2 rings (SSSR count). The fourth-order valence-electron chi connectivity index (χ4n) is 3.62. The summed E-state index contributed by atoms with van der Waals surface area (Å²) in [5, 5.41) is 10.1. The van der Waals surface area contributed by atoms with Crippen molar-refractivity contribution in [3.05, 3.63) is 47.6 Å². The van der Waals surface area contributed by atoms with Crippen LogP contribution >= 0.6 is 0 Å². The van der Waals surface area contributed by atoms with Crippen molar-refractivity contribution in [3.63, 3.8) is 0 Å². The lowest BCUT2D eigenvalue weighted by atomic mass is 9.75. The molecule has 1 N–H and O–H groups in total. The Bertz CT molecular complexity index is 494. The maximum Gasteiger partial charge on any atom is 0.113 e. The normalized spacial score (nSPS) is 35.3. The molecule has 2 nitrogen and oxygen atoms in total. The van der Waals surface area contributed by atoms with E-state index >= 15 is 0 Å². The third kappa shape index (κ3) is 3.80. The molecule has 1 saturated heterocycles. The Kier molecular flexibility index (Phi) is 5.82. The molecule has 2 heteroatoms. The minimum atomic E-state index is -0.551. The molecule has 1 aliphatic carbocycles.